The normalized spacial score (nSPS) is 18.9. The first-order valence-electron chi connectivity index (χ1n) is 7.79. The lowest BCUT2D eigenvalue weighted by Crippen LogP contribution is -2.38. The highest BCUT2D eigenvalue weighted by Crippen LogP contribution is 2.20. The molecule has 0 spiro atoms. The Bertz CT molecular complexity index is 596. The zero-order valence-electron chi connectivity index (χ0n) is 13.1. The van der Waals surface area contributed by atoms with Crippen molar-refractivity contribution in [1.82, 2.24) is 14.7 Å². The highest BCUT2D eigenvalue weighted by Gasteiger charge is 2.20. The topological polar surface area (TPSA) is 47.1 Å². The van der Waals surface area contributed by atoms with Crippen LogP contribution in [0.2, 0.25) is 0 Å². The lowest BCUT2D eigenvalue weighted by molar-refractivity contribution is 0.168. The fourth-order valence-electron chi connectivity index (χ4n) is 3.18. The number of aryl methyl sites for hydroxylation is 1. The highest BCUT2D eigenvalue weighted by molar-refractivity contribution is 5.85. The Morgan fingerprint density at radius 2 is 2.09 bits per heavy atom. The summed E-state index contributed by atoms with van der Waals surface area (Å²) in [5.74, 6) is 0.647. The molecule has 1 atom stereocenters. The second kappa shape index (κ2) is 7.77. The maximum atomic E-state index is 5.84. The Kier molecular flexibility index (Phi) is 6.00. The summed E-state index contributed by atoms with van der Waals surface area (Å²) in [6.07, 6.45) is 4.41. The first-order valence-corrected chi connectivity index (χ1v) is 7.79. The fraction of sp³-hybridized carbons (Fsp3) is 0.471. The number of likely N-dealkylation sites (tertiary alicyclic amines) is 1. The second-order valence-electron chi connectivity index (χ2n) is 6.00. The number of nitrogens with two attached hydrogens (primary N) is 1. The number of rotatable bonds is 4. The summed E-state index contributed by atoms with van der Waals surface area (Å²) in [7, 11) is 0. The summed E-state index contributed by atoms with van der Waals surface area (Å²) in [6.45, 7) is 6.15. The number of para-hydroxylation sites is 1. The smallest absolute Gasteiger partial charge is 0.0678 e. The van der Waals surface area contributed by atoms with Gasteiger partial charge in [-0.1, -0.05) is 18.2 Å². The van der Waals surface area contributed by atoms with Crippen molar-refractivity contribution in [2.45, 2.75) is 26.3 Å². The summed E-state index contributed by atoms with van der Waals surface area (Å²) < 4.78 is 2.07. The van der Waals surface area contributed by atoms with E-state index in [9.17, 15) is 0 Å². The van der Waals surface area contributed by atoms with Crippen molar-refractivity contribution in [3.05, 3.63) is 47.8 Å². The van der Waals surface area contributed by atoms with Gasteiger partial charge in [-0.25, -0.2) is 4.68 Å². The van der Waals surface area contributed by atoms with E-state index in [4.69, 9.17) is 5.73 Å². The van der Waals surface area contributed by atoms with Gasteiger partial charge >= 0.3 is 0 Å². The van der Waals surface area contributed by atoms with Gasteiger partial charge in [-0.2, -0.15) is 5.10 Å². The minimum Gasteiger partial charge on any atom is -0.330 e. The summed E-state index contributed by atoms with van der Waals surface area (Å²) in [5.41, 5.74) is 9.51. The van der Waals surface area contributed by atoms with Crippen LogP contribution in [0.3, 0.4) is 0 Å². The minimum atomic E-state index is 0. The average molecular weight is 321 g/mol. The molecule has 0 radical (unpaired) electrons. The lowest BCUT2D eigenvalue weighted by Gasteiger charge is -2.32. The molecule has 1 saturated heterocycles. The molecule has 1 aliphatic rings. The van der Waals surface area contributed by atoms with Crippen LogP contribution in [0, 0.1) is 12.8 Å². The van der Waals surface area contributed by atoms with E-state index < -0.39 is 0 Å². The van der Waals surface area contributed by atoms with E-state index in [-0.39, 0.29) is 12.4 Å². The molecule has 22 heavy (non-hydrogen) atoms. The molecule has 5 heteroatoms. The van der Waals surface area contributed by atoms with Crippen LogP contribution < -0.4 is 5.73 Å². The van der Waals surface area contributed by atoms with Crippen LogP contribution >= 0.6 is 12.4 Å². The second-order valence-corrected chi connectivity index (χ2v) is 6.00. The first kappa shape index (κ1) is 17.0. The zero-order chi connectivity index (χ0) is 14.7. The molecule has 1 fully saturated rings. The van der Waals surface area contributed by atoms with Crippen molar-refractivity contribution < 1.29 is 0 Å². The SMILES string of the molecule is Cc1ccccc1-n1nccc1CN1CCCC(CN)C1.Cl. The quantitative estimate of drug-likeness (QED) is 0.942. The van der Waals surface area contributed by atoms with Crippen molar-refractivity contribution >= 4 is 12.4 Å². The summed E-state index contributed by atoms with van der Waals surface area (Å²) in [5, 5.41) is 4.52. The number of benzene rings is 1. The number of hydrogen-bond donors (Lipinski definition) is 1. The van der Waals surface area contributed by atoms with Crippen LogP contribution in [-0.4, -0.2) is 34.3 Å². The molecule has 1 aliphatic heterocycles. The predicted octanol–water partition coefficient (Wildman–Crippen LogP) is 2.77. The van der Waals surface area contributed by atoms with Crippen LogP contribution in [0.15, 0.2) is 36.5 Å². The maximum Gasteiger partial charge on any atom is 0.0678 e. The third kappa shape index (κ3) is 3.69. The van der Waals surface area contributed by atoms with E-state index in [0.717, 1.165) is 26.2 Å². The Labute approximate surface area is 138 Å². The van der Waals surface area contributed by atoms with Gasteiger partial charge < -0.3 is 5.73 Å². The predicted molar refractivity (Wildman–Crippen MR) is 92.6 cm³/mol. The van der Waals surface area contributed by atoms with Gasteiger partial charge in [0.05, 0.1) is 11.4 Å². The van der Waals surface area contributed by atoms with Gasteiger partial charge in [-0.05, 0) is 56.5 Å². The van der Waals surface area contributed by atoms with Gasteiger partial charge in [0.25, 0.3) is 0 Å². The lowest BCUT2D eigenvalue weighted by atomic mass is 9.98. The van der Waals surface area contributed by atoms with Gasteiger partial charge in [-0.15, -0.1) is 12.4 Å². The third-order valence-electron chi connectivity index (χ3n) is 4.39. The zero-order valence-corrected chi connectivity index (χ0v) is 13.9. The highest BCUT2D eigenvalue weighted by atomic mass is 35.5. The van der Waals surface area contributed by atoms with Gasteiger partial charge in [0.2, 0.25) is 0 Å². The Balaban J connectivity index is 0.00000176. The van der Waals surface area contributed by atoms with Gasteiger partial charge in [0.15, 0.2) is 0 Å². The van der Waals surface area contributed by atoms with Crippen LogP contribution in [0.25, 0.3) is 5.69 Å². The molecule has 4 nitrogen and oxygen atoms in total. The Hall–Kier alpha value is -1.36. The van der Waals surface area contributed by atoms with E-state index in [1.807, 2.05) is 6.20 Å². The minimum absolute atomic E-state index is 0. The molecule has 1 unspecified atom stereocenters. The molecular formula is C17H25ClN4. The maximum absolute atomic E-state index is 5.84. The van der Waals surface area contributed by atoms with Crippen LogP contribution in [0.4, 0.5) is 0 Å². The van der Waals surface area contributed by atoms with Crippen molar-refractivity contribution in [3.63, 3.8) is 0 Å². The van der Waals surface area contributed by atoms with Gasteiger partial charge in [0.1, 0.15) is 0 Å². The average Bonchev–Trinajstić information content (AvgIpc) is 2.96. The molecule has 1 aromatic carbocycles. The number of aromatic nitrogens is 2. The molecule has 2 aromatic rings. The Morgan fingerprint density at radius 1 is 1.27 bits per heavy atom. The van der Waals surface area contributed by atoms with Crippen molar-refractivity contribution in [2.75, 3.05) is 19.6 Å². The van der Waals surface area contributed by atoms with Crippen LogP contribution in [0.1, 0.15) is 24.1 Å². The fourth-order valence-corrected chi connectivity index (χ4v) is 3.18. The largest absolute Gasteiger partial charge is 0.330 e. The van der Waals surface area contributed by atoms with Crippen molar-refractivity contribution in [3.8, 4) is 5.69 Å². The summed E-state index contributed by atoms with van der Waals surface area (Å²) in [6, 6.07) is 10.5. The molecule has 120 valence electrons. The molecule has 0 bridgehead atoms. The Morgan fingerprint density at radius 3 is 2.86 bits per heavy atom. The molecule has 3 rings (SSSR count). The molecule has 0 aliphatic carbocycles. The number of halogens is 1. The van der Waals surface area contributed by atoms with Gasteiger partial charge in [-0.3, -0.25) is 4.90 Å². The molecular weight excluding hydrogens is 296 g/mol. The third-order valence-corrected chi connectivity index (χ3v) is 4.39. The summed E-state index contributed by atoms with van der Waals surface area (Å²) >= 11 is 0. The number of hydrogen-bond acceptors (Lipinski definition) is 3. The summed E-state index contributed by atoms with van der Waals surface area (Å²) in [4.78, 5) is 2.51. The van der Waals surface area contributed by atoms with Crippen LogP contribution in [-0.2, 0) is 6.54 Å². The van der Waals surface area contributed by atoms with E-state index in [1.165, 1.54) is 29.8 Å². The first-order chi connectivity index (χ1) is 10.3. The number of piperidine rings is 1. The van der Waals surface area contributed by atoms with Crippen LogP contribution in [0.5, 0.6) is 0 Å². The monoisotopic (exact) mass is 320 g/mol. The molecule has 1 aromatic heterocycles. The number of nitrogens with zero attached hydrogens (tertiary/aromatic N) is 3. The molecule has 2 heterocycles. The van der Waals surface area contributed by atoms with Crippen molar-refractivity contribution in [1.29, 1.82) is 0 Å². The molecule has 0 saturated carbocycles. The van der Waals surface area contributed by atoms with Gasteiger partial charge in [0, 0.05) is 19.3 Å². The van der Waals surface area contributed by atoms with E-state index in [2.05, 4.69) is 51.9 Å². The van der Waals surface area contributed by atoms with E-state index >= 15 is 0 Å². The van der Waals surface area contributed by atoms with Crippen molar-refractivity contribution in [2.24, 2.45) is 11.7 Å². The van der Waals surface area contributed by atoms with E-state index in [0.29, 0.717) is 5.92 Å². The van der Waals surface area contributed by atoms with E-state index in [1.54, 1.807) is 0 Å². The molecule has 0 amide bonds. The molecule has 2 N–H and O–H groups in total. The standard InChI is InChI=1S/C17H24N4.ClH/c1-14-5-2-3-7-17(14)21-16(8-9-19-21)13-20-10-4-6-15(11-18)12-20;/h2-3,5,7-9,15H,4,6,10-13,18H2,1H3;1H.